The van der Waals surface area contributed by atoms with Crippen LogP contribution in [-0.2, 0) is 4.74 Å². The molecule has 1 aliphatic heterocycles. The highest BCUT2D eigenvalue weighted by molar-refractivity contribution is 5.69. The smallest absolute Gasteiger partial charge is 0.410 e. The van der Waals surface area contributed by atoms with Crippen LogP contribution in [0.25, 0.3) is 0 Å². The Morgan fingerprint density at radius 2 is 2.00 bits per heavy atom. The van der Waals surface area contributed by atoms with Gasteiger partial charge in [-0.2, -0.15) is 4.98 Å². The van der Waals surface area contributed by atoms with E-state index in [0.717, 1.165) is 0 Å². The fourth-order valence-corrected chi connectivity index (χ4v) is 1.69. The molecule has 1 aliphatic rings. The van der Waals surface area contributed by atoms with Gasteiger partial charge in [0, 0.05) is 6.07 Å². The summed E-state index contributed by atoms with van der Waals surface area (Å²) in [5.41, 5.74) is 4.67. The average molecular weight is 301 g/mol. The summed E-state index contributed by atoms with van der Waals surface area (Å²) in [5.74, 6) is -2.68. The Hall–Kier alpha value is -2.12. The van der Waals surface area contributed by atoms with Crippen LogP contribution in [0.5, 0.6) is 5.88 Å². The van der Waals surface area contributed by atoms with Crippen LogP contribution in [0.3, 0.4) is 0 Å². The molecule has 116 valence electrons. The molecule has 0 unspecified atom stereocenters. The zero-order chi connectivity index (χ0) is 15.8. The minimum absolute atomic E-state index is 0.243. The van der Waals surface area contributed by atoms with Gasteiger partial charge in [-0.05, 0) is 20.8 Å². The van der Waals surface area contributed by atoms with Crippen LogP contribution in [0.4, 0.5) is 19.4 Å². The topological polar surface area (TPSA) is 77.7 Å². The first-order chi connectivity index (χ1) is 9.65. The van der Waals surface area contributed by atoms with Gasteiger partial charge in [-0.3, -0.25) is 0 Å². The number of aromatic nitrogens is 1. The molecular formula is C13H17F2N3O3. The quantitative estimate of drug-likeness (QED) is 0.903. The zero-order valence-electron chi connectivity index (χ0n) is 12.0. The Labute approximate surface area is 120 Å². The highest BCUT2D eigenvalue weighted by Crippen LogP contribution is 2.23. The van der Waals surface area contributed by atoms with Crippen LogP contribution in [0.15, 0.2) is 6.07 Å². The Morgan fingerprint density at radius 3 is 2.57 bits per heavy atom. The molecule has 1 fully saturated rings. The summed E-state index contributed by atoms with van der Waals surface area (Å²) in [6.07, 6.45) is -0.890. The van der Waals surface area contributed by atoms with E-state index in [2.05, 4.69) is 4.98 Å². The van der Waals surface area contributed by atoms with Gasteiger partial charge in [-0.15, -0.1) is 0 Å². The molecule has 6 nitrogen and oxygen atoms in total. The van der Waals surface area contributed by atoms with E-state index in [1.54, 1.807) is 20.8 Å². The van der Waals surface area contributed by atoms with Crippen LogP contribution >= 0.6 is 0 Å². The second-order valence-electron chi connectivity index (χ2n) is 5.77. The lowest BCUT2D eigenvalue weighted by atomic mass is 10.2. The molecule has 2 rings (SSSR count). The number of carbonyl (C=O) groups is 1. The van der Waals surface area contributed by atoms with E-state index in [1.165, 1.54) is 4.90 Å². The Kier molecular flexibility index (Phi) is 3.89. The average Bonchev–Trinajstić information content (AvgIpc) is 2.26. The molecule has 1 aromatic rings. The summed E-state index contributed by atoms with van der Waals surface area (Å²) < 4.78 is 36.8. The molecule has 8 heteroatoms. The van der Waals surface area contributed by atoms with Gasteiger partial charge in [-0.1, -0.05) is 0 Å². The molecule has 0 aliphatic carbocycles. The van der Waals surface area contributed by atoms with E-state index < -0.39 is 35.3 Å². The number of anilines is 1. The van der Waals surface area contributed by atoms with Crippen LogP contribution in [0, 0.1) is 11.6 Å². The number of nitrogens with zero attached hydrogens (tertiary/aromatic N) is 2. The van der Waals surface area contributed by atoms with E-state index in [9.17, 15) is 13.6 Å². The molecule has 0 radical (unpaired) electrons. The SMILES string of the molecule is CC(C)(C)OC(=O)N1CC(Oc2nc(N)c(F)cc2F)C1. The van der Waals surface area contributed by atoms with Crippen molar-refractivity contribution in [2.45, 2.75) is 32.5 Å². The number of amides is 1. The number of likely N-dealkylation sites (tertiary alicyclic amines) is 1. The largest absolute Gasteiger partial charge is 0.468 e. The normalized spacial score (nSPS) is 15.6. The lowest BCUT2D eigenvalue weighted by Gasteiger charge is -2.39. The van der Waals surface area contributed by atoms with Gasteiger partial charge in [0.2, 0.25) is 0 Å². The van der Waals surface area contributed by atoms with Crippen molar-refractivity contribution in [3.05, 3.63) is 17.7 Å². The van der Waals surface area contributed by atoms with Gasteiger partial charge in [0.1, 0.15) is 11.7 Å². The van der Waals surface area contributed by atoms with Crippen LogP contribution < -0.4 is 10.5 Å². The fourth-order valence-electron chi connectivity index (χ4n) is 1.69. The number of pyridine rings is 1. The van der Waals surface area contributed by atoms with E-state index in [1.807, 2.05) is 0 Å². The van der Waals surface area contributed by atoms with Crippen molar-refractivity contribution < 1.29 is 23.0 Å². The number of nitrogens with two attached hydrogens (primary N) is 1. The van der Waals surface area contributed by atoms with Gasteiger partial charge in [0.05, 0.1) is 13.1 Å². The minimum atomic E-state index is -0.941. The Morgan fingerprint density at radius 1 is 1.38 bits per heavy atom. The third-order valence-electron chi connectivity index (χ3n) is 2.70. The molecule has 2 N–H and O–H groups in total. The summed E-state index contributed by atoms with van der Waals surface area (Å²) in [6.45, 7) is 5.78. The van der Waals surface area contributed by atoms with Gasteiger partial charge in [0.25, 0.3) is 5.88 Å². The number of hydrogen-bond donors (Lipinski definition) is 1. The molecule has 2 heterocycles. The summed E-state index contributed by atoms with van der Waals surface area (Å²) in [5, 5.41) is 0. The third kappa shape index (κ3) is 3.71. The zero-order valence-corrected chi connectivity index (χ0v) is 12.0. The second kappa shape index (κ2) is 5.34. The first-order valence-corrected chi connectivity index (χ1v) is 6.42. The van der Waals surface area contributed by atoms with Crippen molar-refractivity contribution in [2.24, 2.45) is 0 Å². The highest BCUT2D eigenvalue weighted by Gasteiger charge is 2.35. The monoisotopic (exact) mass is 301 g/mol. The number of hydrogen-bond acceptors (Lipinski definition) is 5. The van der Waals surface area contributed by atoms with Crippen molar-refractivity contribution in [3.8, 4) is 5.88 Å². The van der Waals surface area contributed by atoms with Crippen molar-refractivity contribution in [2.75, 3.05) is 18.8 Å². The predicted molar refractivity (Wildman–Crippen MR) is 70.8 cm³/mol. The molecule has 0 spiro atoms. The number of nitrogen functional groups attached to an aromatic ring is 1. The highest BCUT2D eigenvalue weighted by atomic mass is 19.1. The number of carbonyl (C=O) groups excluding carboxylic acids is 1. The van der Waals surface area contributed by atoms with Crippen LogP contribution in [0.2, 0.25) is 0 Å². The second-order valence-corrected chi connectivity index (χ2v) is 5.77. The van der Waals surface area contributed by atoms with Crippen molar-refractivity contribution in [3.63, 3.8) is 0 Å². The summed E-state index contributed by atoms with van der Waals surface area (Å²) in [7, 11) is 0. The van der Waals surface area contributed by atoms with Crippen molar-refractivity contribution in [1.82, 2.24) is 9.88 Å². The van der Waals surface area contributed by atoms with Crippen molar-refractivity contribution >= 4 is 11.9 Å². The van der Waals surface area contributed by atoms with E-state index in [-0.39, 0.29) is 19.0 Å². The first-order valence-electron chi connectivity index (χ1n) is 6.42. The number of rotatable bonds is 2. The predicted octanol–water partition coefficient (Wildman–Crippen LogP) is 1.94. The maximum atomic E-state index is 13.4. The van der Waals surface area contributed by atoms with Gasteiger partial charge in [-0.25, -0.2) is 13.6 Å². The fraction of sp³-hybridized carbons (Fsp3) is 0.538. The van der Waals surface area contributed by atoms with E-state index in [0.29, 0.717) is 6.07 Å². The molecule has 1 aromatic heterocycles. The van der Waals surface area contributed by atoms with E-state index >= 15 is 0 Å². The molecule has 0 aromatic carbocycles. The number of ether oxygens (including phenoxy) is 2. The lowest BCUT2D eigenvalue weighted by Crippen LogP contribution is -2.57. The third-order valence-corrected chi connectivity index (χ3v) is 2.70. The summed E-state index contributed by atoms with van der Waals surface area (Å²) in [6, 6.07) is 0.613. The minimum Gasteiger partial charge on any atom is -0.468 e. The van der Waals surface area contributed by atoms with E-state index in [4.69, 9.17) is 15.2 Å². The molecular weight excluding hydrogens is 284 g/mol. The summed E-state index contributed by atoms with van der Waals surface area (Å²) >= 11 is 0. The molecule has 0 saturated carbocycles. The Bertz CT molecular complexity index is 554. The number of halogens is 2. The molecule has 1 saturated heterocycles. The molecule has 1 amide bonds. The maximum absolute atomic E-state index is 13.4. The van der Waals surface area contributed by atoms with Gasteiger partial charge >= 0.3 is 6.09 Å². The van der Waals surface area contributed by atoms with Crippen molar-refractivity contribution in [1.29, 1.82) is 0 Å². The molecule has 21 heavy (non-hydrogen) atoms. The molecule has 0 bridgehead atoms. The maximum Gasteiger partial charge on any atom is 0.410 e. The van der Waals surface area contributed by atoms with Crippen LogP contribution in [0.1, 0.15) is 20.8 Å². The van der Waals surface area contributed by atoms with Gasteiger partial charge < -0.3 is 20.1 Å². The van der Waals surface area contributed by atoms with Gasteiger partial charge in [0.15, 0.2) is 17.5 Å². The standard InChI is InChI=1S/C13H17F2N3O3/c1-13(2,3)21-12(19)18-5-7(6-18)20-11-9(15)4-8(14)10(16)17-11/h4,7H,5-6H2,1-3H3,(H2,16,17). The first kappa shape index (κ1) is 15.3. The Balaban J connectivity index is 1.89. The van der Waals surface area contributed by atoms with Crippen LogP contribution in [-0.4, -0.2) is 40.8 Å². The summed E-state index contributed by atoms with van der Waals surface area (Å²) in [4.78, 5) is 16.6. The molecule has 0 atom stereocenters. The lowest BCUT2D eigenvalue weighted by molar-refractivity contribution is -0.0241.